The molecule has 20 heavy (non-hydrogen) atoms. The zero-order valence-electron chi connectivity index (χ0n) is 13.7. The first-order chi connectivity index (χ1) is 9.80. The van der Waals surface area contributed by atoms with Gasteiger partial charge in [-0.2, -0.15) is 0 Å². The normalized spacial score (nSPS) is 54.3. The van der Waals surface area contributed by atoms with Crippen LogP contribution < -0.4 is 0 Å². The minimum atomic E-state index is 0.851. The summed E-state index contributed by atoms with van der Waals surface area (Å²) in [6.45, 7) is 4.89. The lowest BCUT2D eigenvalue weighted by Crippen LogP contribution is -2.53. The summed E-state index contributed by atoms with van der Waals surface area (Å²) in [6.07, 6.45) is 17.2. The van der Waals surface area contributed by atoms with Crippen LogP contribution in [0.5, 0.6) is 0 Å². The predicted molar refractivity (Wildman–Crippen MR) is 85.5 cm³/mol. The quantitative estimate of drug-likeness (QED) is 0.585. The standard InChI is InChI=1S/C20H34/c1-3-14-7-8-16(14)17-9-10-18(17)19-11-13-20(19)12-5-6-15(20)4-2/h14-19H,3-13H2,1-2H3. The Morgan fingerprint density at radius 1 is 0.750 bits per heavy atom. The molecule has 4 aliphatic carbocycles. The van der Waals surface area contributed by atoms with E-state index in [2.05, 4.69) is 13.8 Å². The fourth-order valence-electron chi connectivity index (χ4n) is 7.17. The first-order valence-corrected chi connectivity index (χ1v) is 9.80. The minimum Gasteiger partial charge on any atom is -0.0651 e. The molecule has 0 nitrogen and oxygen atoms in total. The van der Waals surface area contributed by atoms with Gasteiger partial charge in [-0.15, -0.1) is 0 Å². The summed E-state index contributed by atoms with van der Waals surface area (Å²) in [5.41, 5.74) is 0.851. The molecule has 4 aliphatic rings. The molecule has 4 rings (SSSR count). The summed E-state index contributed by atoms with van der Waals surface area (Å²) >= 11 is 0. The van der Waals surface area contributed by atoms with Crippen molar-refractivity contribution < 1.29 is 0 Å². The third-order valence-electron chi connectivity index (χ3n) is 8.61. The Hall–Kier alpha value is 0. The largest absolute Gasteiger partial charge is 0.0651 e. The molecule has 0 aliphatic heterocycles. The Labute approximate surface area is 126 Å². The predicted octanol–water partition coefficient (Wildman–Crippen LogP) is 6.06. The fraction of sp³-hybridized carbons (Fsp3) is 1.00. The monoisotopic (exact) mass is 274 g/mol. The van der Waals surface area contributed by atoms with Crippen molar-refractivity contribution >= 4 is 0 Å². The molecule has 0 heteroatoms. The van der Waals surface area contributed by atoms with Crippen molar-refractivity contribution in [2.24, 2.45) is 40.9 Å². The fourth-order valence-corrected chi connectivity index (χ4v) is 7.17. The highest BCUT2D eigenvalue weighted by atomic mass is 14.6. The van der Waals surface area contributed by atoms with Crippen molar-refractivity contribution in [2.75, 3.05) is 0 Å². The lowest BCUT2D eigenvalue weighted by Gasteiger charge is -2.62. The smallest absolute Gasteiger partial charge is 0.0238 e. The summed E-state index contributed by atoms with van der Waals surface area (Å²) < 4.78 is 0. The summed E-state index contributed by atoms with van der Waals surface area (Å²) in [5, 5.41) is 0. The van der Waals surface area contributed by atoms with Crippen LogP contribution in [0.4, 0.5) is 0 Å². The van der Waals surface area contributed by atoms with Crippen LogP contribution in [0.25, 0.3) is 0 Å². The van der Waals surface area contributed by atoms with Crippen LogP contribution in [0.1, 0.15) is 84.5 Å². The molecule has 0 bridgehead atoms. The molecule has 7 unspecified atom stereocenters. The SMILES string of the molecule is CCC1CCC1C1CCC1C1CCC12CCCC2CC. The maximum atomic E-state index is 2.46. The van der Waals surface area contributed by atoms with Crippen molar-refractivity contribution in [1.29, 1.82) is 0 Å². The van der Waals surface area contributed by atoms with Gasteiger partial charge in [-0.1, -0.05) is 33.1 Å². The van der Waals surface area contributed by atoms with E-state index in [-0.39, 0.29) is 0 Å². The molecule has 0 heterocycles. The highest BCUT2D eigenvalue weighted by Gasteiger charge is 2.59. The zero-order chi connectivity index (χ0) is 13.7. The second kappa shape index (κ2) is 5.03. The summed E-state index contributed by atoms with van der Waals surface area (Å²) in [7, 11) is 0. The number of rotatable bonds is 4. The summed E-state index contributed by atoms with van der Waals surface area (Å²) in [5.74, 6) is 6.85. The maximum absolute atomic E-state index is 2.46. The first-order valence-electron chi connectivity index (χ1n) is 9.80. The van der Waals surface area contributed by atoms with E-state index in [0.717, 1.165) is 40.9 Å². The lowest BCUT2D eigenvalue weighted by atomic mass is 9.43. The number of hydrogen-bond acceptors (Lipinski definition) is 0. The molecule has 0 N–H and O–H groups in total. The van der Waals surface area contributed by atoms with Crippen molar-refractivity contribution in [3.8, 4) is 0 Å². The molecule has 0 amide bonds. The average Bonchev–Trinajstić information content (AvgIpc) is 2.84. The van der Waals surface area contributed by atoms with E-state index in [1.807, 2.05) is 0 Å². The zero-order valence-corrected chi connectivity index (χ0v) is 13.7. The lowest BCUT2D eigenvalue weighted by molar-refractivity contribution is -0.124. The molecule has 0 saturated heterocycles. The molecule has 1 spiro atoms. The third kappa shape index (κ3) is 1.72. The van der Waals surface area contributed by atoms with E-state index in [9.17, 15) is 0 Å². The van der Waals surface area contributed by atoms with Gasteiger partial charge in [-0.3, -0.25) is 0 Å². The van der Waals surface area contributed by atoms with Crippen LogP contribution in [0.3, 0.4) is 0 Å². The van der Waals surface area contributed by atoms with Crippen LogP contribution in [0.2, 0.25) is 0 Å². The molecule has 0 aromatic rings. The van der Waals surface area contributed by atoms with Gasteiger partial charge in [-0.25, -0.2) is 0 Å². The molecule has 4 saturated carbocycles. The van der Waals surface area contributed by atoms with E-state index in [1.54, 1.807) is 57.8 Å². The molecule has 7 atom stereocenters. The van der Waals surface area contributed by atoms with Crippen LogP contribution >= 0.6 is 0 Å². The van der Waals surface area contributed by atoms with Gasteiger partial charge in [-0.05, 0) is 92.3 Å². The molecule has 114 valence electrons. The number of hydrogen-bond donors (Lipinski definition) is 0. The topological polar surface area (TPSA) is 0 Å². The summed E-state index contributed by atoms with van der Waals surface area (Å²) in [4.78, 5) is 0. The molecule has 0 aromatic heterocycles. The molecule has 4 fully saturated rings. The van der Waals surface area contributed by atoms with Crippen molar-refractivity contribution in [3.63, 3.8) is 0 Å². The van der Waals surface area contributed by atoms with Crippen molar-refractivity contribution in [3.05, 3.63) is 0 Å². The van der Waals surface area contributed by atoms with Gasteiger partial charge in [0.2, 0.25) is 0 Å². The van der Waals surface area contributed by atoms with Crippen LogP contribution in [0, 0.1) is 40.9 Å². The second-order valence-electron chi connectivity index (χ2n) is 8.69. The van der Waals surface area contributed by atoms with Gasteiger partial charge in [0.25, 0.3) is 0 Å². The molecular formula is C20H34. The van der Waals surface area contributed by atoms with Crippen LogP contribution in [-0.4, -0.2) is 0 Å². The van der Waals surface area contributed by atoms with Gasteiger partial charge >= 0.3 is 0 Å². The molecule has 0 aromatic carbocycles. The van der Waals surface area contributed by atoms with Gasteiger partial charge in [0.05, 0.1) is 0 Å². The minimum absolute atomic E-state index is 0.851. The molecule has 0 radical (unpaired) electrons. The Balaban J connectivity index is 1.46. The van der Waals surface area contributed by atoms with Gasteiger partial charge < -0.3 is 0 Å². The van der Waals surface area contributed by atoms with Gasteiger partial charge in [0.1, 0.15) is 0 Å². The molecular weight excluding hydrogens is 240 g/mol. The van der Waals surface area contributed by atoms with Crippen LogP contribution in [0.15, 0.2) is 0 Å². The third-order valence-corrected chi connectivity index (χ3v) is 8.61. The van der Waals surface area contributed by atoms with Crippen molar-refractivity contribution in [1.82, 2.24) is 0 Å². The highest BCUT2D eigenvalue weighted by molar-refractivity contribution is 5.08. The maximum Gasteiger partial charge on any atom is -0.0238 e. The van der Waals surface area contributed by atoms with E-state index in [0.29, 0.717) is 0 Å². The van der Waals surface area contributed by atoms with E-state index < -0.39 is 0 Å². The Kier molecular flexibility index (Phi) is 3.43. The summed E-state index contributed by atoms with van der Waals surface area (Å²) in [6, 6.07) is 0. The van der Waals surface area contributed by atoms with Crippen LogP contribution in [-0.2, 0) is 0 Å². The van der Waals surface area contributed by atoms with Crippen molar-refractivity contribution in [2.45, 2.75) is 84.5 Å². The second-order valence-corrected chi connectivity index (χ2v) is 8.69. The van der Waals surface area contributed by atoms with Gasteiger partial charge in [0, 0.05) is 0 Å². The Morgan fingerprint density at radius 3 is 2.05 bits per heavy atom. The Morgan fingerprint density at radius 2 is 1.55 bits per heavy atom. The van der Waals surface area contributed by atoms with Gasteiger partial charge in [0.15, 0.2) is 0 Å². The van der Waals surface area contributed by atoms with E-state index >= 15 is 0 Å². The highest BCUT2D eigenvalue weighted by Crippen LogP contribution is 2.68. The van der Waals surface area contributed by atoms with E-state index in [1.165, 1.54) is 12.8 Å². The Bertz CT molecular complexity index is 357. The first kappa shape index (κ1) is 13.6. The van der Waals surface area contributed by atoms with E-state index in [4.69, 9.17) is 0 Å². The average molecular weight is 274 g/mol.